The second kappa shape index (κ2) is 10.6. The summed E-state index contributed by atoms with van der Waals surface area (Å²) >= 11 is 1.31. The fourth-order valence-electron chi connectivity index (χ4n) is 3.74. The van der Waals surface area contributed by atoms with Crippen LogP contribution in [-0.4, -0.2) is 48.3 Å². The second-order valence-electron chi connectivity index (χ2n) is 8.03. The Hall–Kier alpha value is -3.36. The Bertz CT molecular complexity index is 1430. The highest BCUT2D eigenvalue weighted by Gasteiger charge is 2.43. The minimum absolute atomic E-state index is 0.121. The van der Waals surface area contributed by atoms with E-state index in [1.807, 2.05) is 6.07 Å². The smallest absolute Gasteiger partial charge is 0.345 e. The molecule has 0 saturated heterocycles. The number of rotatable bonds is 8. The van der Waals surface area contributed by atoms with Gasteiger partial charge in [0.15, 0.2) is 0 Å². The van der Waals surface area contributed by atoms with Crippen LogP contribution in [0.4, 0.5) is 36.2 Å². The van der Waals surface area contributed by atoms with Crippen molar-refractivity contribution in [2.24, 2.45) is 0 Å². The van der Waals surface area contributed by atoms with Crippen LogP contribution < -0.4 is 10.6 Å². The summed E-state index contributed by atoms with van der Waals surface area (Å²) in [6, 6.07) is 11.7. The third-order valence-corrected chi connectivity index (χ3v) is 7.95. The largest absolute Gasteiger partial charge is 0.492 e. The van der Waals surface area contributed by atoms with Gasteiger partial charge in [0.2, 0.25) is 0 Å². The summed E-state index contributed by atoms with van der Waals surface area (Å²) in [5.74, 6) is -1.80. The van der Waals surface area contributed by atoms with Crippen LogP contribution in [0.3, 0.4) is 0 Å². The zero-order chi connectivity index (χ0) is 26.8. The van der Waals surface area contributed by atoms with E-state index in [0.29, 0.717) is 29.3 Å². The van der Waals surface area contributed by atoms with E-state index in [9.17, 15) is 26.4 Å². The van der Waals surface area contributed by atoms with Crippen molar-refractivity contribution in [1.82, 2.24) is 14.4 Å². The molecule has 1 aromatic heterocycles. The number of thioether (sulfide) groups is 1. The number of alkyl halides is 3. The van der Waals surface area contributed by atoms with Crippen LogP contribution >= 0.6 is 11.8 Å². The molecule has 0 bridgehead atoms. The second-order valence-corrected chi connectivity index (χ2v) is 10.8. The van der Waals surface area contributed by atoms with Crippen LogP contribution in [0.1, 0.15) is 17.5 Å². The van der Waals surface area contributed by atoms with Crippen molar-refractivity contribution in [3.05, 3.63) is 59.9 Å². The molecule has 4 rings (SSSR count). The molecule has 1 aliphatic rings. The highest BCUT2D eigenvalue weighted by molar-refractivity contribution is 7.98. The van der Waals surface area contributed by atoms with Gasteiger partial charge in [-0.2, -0.15) is 13.2 Å². The lowest BCUT2D eigenvalue weighted by atomic mass is 10.1. The van der Waals surface area contributed by atoms with Gasteiger partial charge in [-0.05, 0) is 71.4 Å². The lowest BCUT2D eigenvalue weighted by molar-refractivity contribution is -0.219. The molecule has 196 valence electrons. The molecule has 0 fully saturated rings. The number of fused-ring (bicyclic) bond motifs is 1. The Morgan fingerprint density at radius 1 is 1.03 bits per heavy atom. The summed E-state index contributed by atoms with van der Waals surface area (Å²) in [7, 11) is -3.89. The third-order valence-electron chi connectivity index (χ3n) is 5.55. The van der Waals surface area contributed by atoms with Gasteiger partial charge >= 0.3 is 12.1 Å². The summed E-state index contributed by atoms with van der Waals surface area (Å²) < 4.78 is 62.9. The molecule has 9 nitrogen and oxygen atoms in total. The van der Waals surface area contributed by atoms with Gasteiger partial charge in [-0.3, -0.25) is 0 Å². The third kappa shape index (κ3) is 6.14. The van der Waals surface area contributed by atoms with E-state index in [-0.39, 0.29) is 4.47 Å². The standard InChI is InChI=1S/C23H22F3N5O4S2/c1-31(35-22(32)23(24,25)26)37(33,34)17-8-9-19(36-2)18(11-17)30-21-12-20(27-13-28-21)29-16-7-6-14-4-3-5-15(14)10-16/h6-13H,3-5H2,1-2H3,(H2,27,28,29,30). The number of carbonyl (C=O) groups is 1. The topological polar surface area (TPSA) is 114 Å². The Kier molecular flexibility index (Phi) is 7.62. The number of carbonyl (C=O) groups excluding carboxylic acids is 1. The Labute approximate surface area is 215 Å². The molecule has 0 saturated carbocycles. The maximum absolute atomic E-state index is 12.7. The molecule has 0 atom stereocenters. The molecule has 0 aliphatic heterocycles. The van der Waals surface area contributed by atoms with E-state index in [2.05, 4.69) is 37.6 Å². The number of nitrogens with zero attached hydrogens (tertiary/aromatic N) is 3. The number of halogens is 3. The first-order valence-corrected chi connectivity index (χ1v) is 13.6. The molecular formula is C23H22F3N5O4S2. The monoisotopic (exact) mass is 553 g/mol. The summed E-state index contributed by atoms with van der Waals surface area (Å²) in [6.45, 7) is 0. The molecule has 0 radical (unpaired) electrons. The molecule has 0 spiro atoms. The van der Waals surface area contributed by atoms with Crippen molar-refractivity contribution in [2.45, 2.75) is 35.2 Å². The summed E-state index contributed by atoms with van der Waals surface area (Å²) in [4.78, 5) is 23.7. The van der Waals surface area contributed by atoms with Gasteiger partial charge in [-0.15, -0.1) is 11.8 Å². The van der Waals surface area contributed by atoms with Crippen molar-refractivity contribution >= 4 is 50.8 Å². The fraction of sp³-hybridized carbons (Fsp3) is 0.261. The van der Waals surface area contributed by atoms with E-state index in [0.717, 1.165) is 24.9 Å². The lowest BCUT2D eigenvalue weighted by Crippen LogP contribution is -2.36. The lowest BCUT2D eigenvalue weighted by Gasteiger charge is -2.18. The maximum atomic E-state index is 12.7. The van der Waals surface area contributed by atoms with Gasteiger partial charge in [-0.1, -0.05) is 6.07 Å². The molecule has 0 unspecified atom stereocenters. The highest BCUT2D eigenvalue weighted by atomic mass is 32.2. The number of hydrogen-bond acceptors (Lipinski definition) is 9. The molecule has 37 heavy (non-hydrogen) atoms. The van der Waals surface area contributed by atoms with Crippen LogP contribution in [0.25, 0.3) is 0 Å². The summed E-state index contributed by atoms with van der Waals surface area (Å²) in [5.41, 5.74) is 3.84. The van der Waals surface area contributed by atoms with Crippen molar-refractivity contribution in [3.8, 4) is 0 Å². The van der Waals surface area contributed by atoms with Gasteiger partial charge in [0.25, 0.3) is 10.0 Å². The number of nitrogens with one attached hydrogen (secondary N) is 2. The number of benzene rings is 2. The fourth-order valence-corrected chi connectivity index (χ4v) is 5.24. The van der Waals surface area contributed by atoms with Crippen molar-refractivity contribution < 1.29 is 31.2 Å². The van der Waals surface area contributed by atoms with Crippen molar-refractivity contribution in [2.75, 3.05) is 23.9 Å². The van der Waals surface area contributed by atoms with Gasteiger partial charge in [0.05, 0.1) is 10.6 Å². The Morgan fingerprint density at radius 3 is 2.43 bits per heavy atom. The summed E-state index contributed by atoms with van der Waals surface area (Å²) in [5, 5.41) is 6.26. The number of aromatic nitrogens is 2. The van der Waals surface area contributed by atoms with Crippen LogP contribution in [0.5, 0.6) is 0 Å². The van der Waals surface area contributed by atoms with E-state index >= 15 is 0 Å². The molecular weight excluding hydrogens is 531 g/mol. The molecule has 2 N–H and O–H groups in total. The SMILES string of the molecule is CSc1ccc(S(=O)(=O)N(C)OC(=O)C(F)(F)F)cc1Nc1cc(Nc2ccc3c(c2)CCC3)ncn1. The van der Waals surface area contributed by atoms with Crippen LogP contribution in [0.2, 0.25) is 0 Å². The van der Waals surface area contributed by atoms with E-state index < -0.39 is 27.1 Å². The van der Waals surface area contributed by atoms with Crippen molar-refractivity contribution in [3.63, 3.8) is 0 Å². The van der Waals surface area contributed by atoms with Gasteiger partial charge in [-0.25, -0.2) is 23.2 Å². The quantitative estimate of drug-likeness (QED) is 0.300. The van der Waals surface area contributed by atoms with Crippen LogP contribution in [-0.2, 0) is 32.5 Å². The number of sulfonamides is 1. The molecule has 1 aliphatic carbocycles. The van der Waals surface area contributed by atoms with E-state index in [1.54, 1.807) is 12.3 Å². The number of anilines is 4. The average Bonchev–Trinajstić information content (AvgIpc) is 3.31. The molecule has 3 aromatic rings. The first-order chi connectivity index (χ1) is 17.5. The first kappa shape index (κ1) is 26.7. The minimum Gasteiger partial charge on any atom is -0.345 e. The van der Waals surface area contributed by atoms with E-state index in [1.165, 1.54) is 47.4 Å². The van der Waals surface area contributed by atoms with Crippen LogP contribution in [0.15, 0.2) is 58.6 Å². The Balaban J connectivity index is 1.55. The minimum atomic E-state index is -5.35. The number of hydroxylamine groups is 1. The van der Waals surface area contributed by atoms with Gasteiger partial charge in [0.1, 0.15) is 18.0 Å². The van der Waals surface area contributed by atoms with Crippen LogP contribution in [0, 0.1) is 0 Å². The first-order valence-electron chi connectivity index (χ1n) is 10.9. The zero-order valence-electron chi connectivity index (χ0n) is 19.7. The van der Waals surface area contributed by atoms with Gasteiger partial charge in [0, 0.05) is 23.7 Å². The highest BCUT2D eigenvalue weighted by Crippen LogP contribution is 2.32. The average molecular weight is 554 g/mol. The molecule has 1 heterocycles. The predicted molar refractivity (Wildman–Crippen MR) is 132 cm³/mol. The normalized spacial score (nSPS) is 13.4. The molecule has 0 amide bonds. The zero-order valence-corrected chi connectivity index (χ0v) is 21.3. The number of aryl methyl sites for hydroxylation is 2. The molecule has 2 aromatic carbocycles. The maximum Gasteiger partial charge on any atom is 0.492 e. The predicted octanol–water partition coefficient (Wildman–Crippen LogP) is 4.82. The van der Waals surface area contributed by atoms with Gasteiger partial charge < -0.3 is 15.5 Å². The Morgan fingerprint density at radius 2 is 1.73 bits per heavy atom. The van der Waals surface area contributed by atoms with E-state index in [4.69, 9.17) is 0 Å². The number of hydrogen-bond donors (Lipinski definition) is 2. The summed E-state index contributed by atoms with van der Waals surface area (Å²) in [6.07, 6.45) is 0.993. The van der Waals surface area contributed by atoms with Crippen molar-refractivity contribution in [1.29, 1.82) is 0 Å². The molecule has 14 heteroatoms.